The average Bonchev–Trinajstić information content (AvgIpc) is 3.09. The van der Waals surface area contributed by atoms with Crippen LogP contribution in [0.3, 0.4) is 0 Å². The van der Waals surface area contributed by atoms with Crippen molar-refractivity contribution in [1.29, 1.82) is 0 Å². The summed E-state index contributed by atoms with van der Waals surface area (Å²) in [7, 11) is 0. The molecule has 4 aliphatic rings. The van der Waals surface area contributed by atoms with Gasteiger partial charge in [-0.05, 0) is 126 Å². The summed E-state index contributed by atoms with van der Waals surface area (Å²) in [6, 6.07) is 0.561. The van der Waals surface area contributed by atoms with Crippen molar-refractivity contribution in [1.82, 2.24) is 4.90 Å². The van der Waals surface area contributed by atoms with Crippen LogP contribution in [0.25, 0.3) is 0 Å². The Balaban J connectivity index is 1.44. The lowest BCUT2D eigenvalue weighted by atomic mass is 9.47. The van der Waals surface area contributed by atoms with E-state index >= 15 is 0 Å². The van der Waals surface area contributed by atoms with Crippen LogP contribution >= 0.6 is 0 Å². The van der Waals surface area contributed by atoms with E-state index in [-0.39, 0.29) is 18.2 Å². The lowest BCUT2D eigenvalue weighted by Crippen LogP contribution is -2.50. The van der Waals surface area contributed by atoms with E-state index in [0.29, 0.717) is 29.1 Å². The standard InChI is InChI=1S/C30H51NO2/c1-19(2)31(20(3)4)28(33)13-8-21(5)25-11-12-26-24-10-9-22-18-23(32)14-16-29(22,6)27(24)15-17-30(25,26)7/h9,19-21,23-27,32H,8,10-18H2,1-7H3/t21-,23+,24?,25-,26+,27+,29+,30-/m1/s1. The second kappa shape index (κ2) is 9.32. The van der Waals surface area contributed by atoms with Crippen LogP contribution in [0.4, 0.5) is 0 Å². The van der Waals surface area contributed by atoms with Gasteiger partial charge >= 0.3 is 0 Å². The van der Waals surface area contributed by atoms with Gasteiger partial charge in [0.1, 0.15) is 0 Å². The molecule has 188 valence electrons. The number of fused-ring (bicyclic) bond motifs is 5. The predicted molar refractivity (Wildman–Crippen MR) is 137 cm³/mol. The minimum absolute atomic E-state index is 0.114. The van der Waals surface area contributed by atoms with Crippen molar-refractivity contribution in [2.24, 2.45) is 40.4 Å². The Labute approximate surface area is 203 Å². The van der Waals surface area contributed by atoms with E-state index in [1.165, 1.54) is 38.5 Å². The summed E-state index contributed by atoms with van der Waals surface area (Å²) in [6.45, 7) is 16.1. The quantitative estimate of drug-likeness (QED) is 0.437. The molecule has 1 amide bonds. The second-order valence-corrected chi connectivity index (χ2v) is 13.4. The Bertz CT molecular complexity index is 748. The van der Waals surface area contributed by atoms with Gasteiger partial charge in [0.25, 0.3) is 0 Å². The highest BCUT2D eigenvalue weighted by molar-refractivity contribution is 5.76. The molecule has 0 aromatic heterocycles. The molecule has 0 saturated heterocycles. The number of carbonyl (C=O) groups is 1. The molecule has 1 N–H and O–H groups in total. The summed E-state index contributed by atoms with van der Waals surface area (Å²) in [6.07, 6.45) is 13.9. The van der Waals surface area contributed by atoms with Gasteiger partial charge in [-0.15, -0.1) is 0 Å². The number of aliphatic hydroxyl groups is 1. The maximum atomic E-state index is 13.0. The van der Waals surface area contributed by atoms with E-state index in [9.17, 15) is 9.90 Å². The largest absolute Gasteiger partial charge is 0.393 e. The molecule has 0 aromatic rings. The monoisotopic (exact) mass is 457 g/mol. The van der Waals surface area contributed by atoms with Crippen molar-refractivity contribution < 1.29 is 9.90 Å². The van der Waals surface area contributed by atoms with Crippen LogP contribution in [-0.4, -0.2) is 34.1 Å². The normalized spacial score (nSPS) is 41.3. The van der Waals surface area contributed by atoms with Crippen LogP contribution in [0.5, 0.6) is 0 Å². The number of hydrogen-bond donors (Lipinski definition) is 1. The van der Waals surface area contributed by atoms with Gasteiger partial charge in [-0.1, -0.05) is 32.4 Å². The van der Waals surface area contributed by atoms with Crippen molar-refractivity contribution in [2.75, 3.05) is 0 Å². The number of nitrogens with zero attached hydrogens (tertiary/aromatic N) is 1. The molecule has 3 saturated carbocycles. The molecule has 0 aliphatic heterocycles. The molecule has 0 spiro atoms. The van der Waals surface area contributed by atoms with Crippen molar-refractivity contribution in [3.8, 4) is 0 Å². The maximum absolute atomic E-state index is 13.0. The fraction of sp³-hybridized carbons (Fsp3) is 0.900. The first-order valence-electron chi connectivity index (χ1n) is 14.2. The Morgan fingerprint density at radius 2 is 1.73 bits per heavy atom. The zero-order valence-electron chi connectivity index (χ0n) is 22.6. The zero-order chi connectivity index (χ0) is 24.1. The van der Waals surface area contributed by atoms with Crippen molar-refractivity contribution in [2.45, 2.75) is 131 Å². The number of amides is 1. The maximum Gasteiger partial charge on any atom is 0.223 e. The van der Waals surface area contributed by atoms with Crippen LogP contribution in [0.1, 0.15) is 113 Å². The lowest BCUT2D eigenvalue weighted by molar-refractivity contribution is -0.135. The summed E-state index contributed by atoms with van der Waals surface area (Å²) in [5.74, 6) is 4.19. The molecule has 3 fully saturated rings. The molecular weight excluding hydrogens is 406 g/mol. The SMILES string of the molecule is CC(C)N(C(=O)CC[C@@H](C)[C@H]1CC[C@H]2C3CC=C4C[C@@H](O)CC[C@]4(C)[C@H]3CC[C@]12C)C(C)C. The number of carbonyl (C=O) groups excluding carboxylic acids is 1. The highest BCUT2D eigenvalue weighted by Crippen LogP contribution is 2.67. The summed E-state index contributed by atoms with van der Waals surface area (Å²) in [5, 5.41) is 10.3. The van der Waals surface area contributed by atoms with Crippen LogP contribution in [0.15, 0.2) is 11.6 Å². The summed E-state index contributed by atoms with van der Waals surface area (Å²) >= 11 is 0. The minimum Gasteiger partial charge on any atom is -0.393 e. The van der Waals surface area contributed by atoms with Gasteiger partial charge in [-0.2, -0.15) is 0 Å². The summed E-state index contributed by atoms with van der Waals surface area (Å²) < 4.78 is 0. The Morgan fingerprint density at radius 3 is 2.39 bits per heavy atom. The molecule has 33 heavy (non-hydrogen) atoms. The first kappa shape index (κ1) is 25.3. The summed E-state index contributed by atoms with van der Waals surface area (Å²) in [4.78, 5) is 15.1. The molecule has 0 aromatic carbocycles. The number of allylic oxidation sites excluding steroid dienone is 1. The van der Waals surface area contributed by atoms with Gasteiger partial charge in [-0.25, -0.2) is 0 Å². The molecule has 8 atom stereocenters. The van der Waals surface area contributed by atoms with Crippen LogP contribution in [-0.2, 0) is 4.79 Å². The smallest absolute Gasteiger partial charge is 0.223 e. The third-order valence-electron chi connectivity index (χ3n) is 11.1. The Hall–Kier alpha value is -0.830. The van der Waals surface area contributed by atoms with Crippen LogP contribution in [0.2, 0.25) is 0 Å². The van der Waals surface area contributed by atoms with Crippen LogP contribution < -0.4 is 0 Å². The number of rotatable bonds is 6. The van der Waals surface area contributed by atoms with Gasteiger partial charge in [0.15, 0.2) is 0 Å². The molecule has 0 radical (unpaired) electrons. The van der Waals surface area contributed by atoms with Crippen molar-refractivity contribution in [3.63, 3.8) is 0 Å². The highest BCUT2D eigenvalue weighted by atomic mass is 16.3. The predicted octanol–water partition coefficient (Wildman–Crippen LogP) is 6.99. The molecule has 0 heterocycles. The van der Waals surface area contributed by atoms with Gasteiger partial charge in [0.2, 0.25) is 5.91 Å². The zero-order valence-corrected chi connectivity index (χ0v) is 22.6. The molecule has 4 rings (SSSR count). The van der Waals surface area contributed by atoms with Crippen LogP contribution in [0, 0.1) is 40.4 Å². The van der Waals surface area contributed by atoms with E-state index in [4.69, 9.17) is 0 Å². The summed E-state index contributed by atoms with van der Waals surface area (Å²) in [5.41, 5.74) is 2.35. The molecule has 3 nitrogen and oxygen atoms in total. The number of hydrogen-bond acceptors (Lipinski definition) is 2. The van der Waals surface area contributed by atoms with Gasteiger partial charge in [0.05, 0.1) is 6.10 Å². The fourth-order valence-corrected chi connectivity index (χ4v) is 9.47. The molecule has 3 heteroatoms. The second-order valence-electron chi connectivity index (χ2n) is 13.4. The average molecular weight is 458 g/mol. The molecular formula is C30H51NO2. The third kappa shape index (κ3) is 4.34. The van der Waals surface area contributed by atoms with E-state index in [0.717, 1.165) is 42.9 Å². The Morgan fingerprint density at radius 1 is 1.03 bits per heavy atom. The number of aliphatic hydroxyl groups excluding tert-OH is 1. The Kier molecular flexibility index (Phi) is 7.14. The van der Waals surface area contributed by atoms with Gasteiger partial charge in [-0.3, -0.25) is 4.79 Å². The first-order chi connectivity index (χ1) is 15.5. The molecule has 4 aliphatic carbocycles. The minimum atomic E-state index is -0.114. The van der Waals surface area contributed by atoms with Crippen molar-refractivity contribution in [3.05, 3.63) is 11.6 Å². The van der Waals surface area contributed by atoms with E-state index in [2.05, 4.69) is 59.4 Å². The third-order valence-corrected chi connectivity index (χ3v) is 11.1. The van der Waals surface area contributed by atoms with E-state index < -0.39 is 0 Å². The van der Waals surface area contributed by atoms with Gasteiger partial charge < -0.3 is 10.0 Å². The van der Waals surface area contributed by atoms with E-state index in [1.54, 1.807) is 5.57 Å². The lowest BCUT2D eigenvalue weighted by Gasteiger charge is -2.58. The molecule has 1 unspecified atom stereocenters. The first-order valence-corrected chi connectivity index (χ1v) is 14.2. The van der Waals surface area contributed by atoms with Gasteiger partial charge in [0, 0.05) is 18.5 Å². The highest BCUT2D eigenvalue weighted by Gasteiger charge is 2.59. The van der Waals surface area contributed by atoms with E-state index in [1.807, 2.05) is 0 Å². The fourth-order valence-electron chi connectivity index (χ4n) is 9.47. The van der Waals surface area contributed by atoms with Crippen molar-refractivity contribution >= 4 is 5.91 Å². The topological polar surface area (TPSA) is 40.5 Å². The molecule has 0 bridgehead atoms.